The van der Waals surface area contributed by atoms with Crippen molar-refractivity contribution in [2.45, 2.75) is 26.4 Å². The lowest BCUT2D eigenvalue weighted by Crippen LogP contribution is -2.39. The van der Waals surface area contributed by atoms with Crippen molar-refractivity contribution < 1.29 is 9.53 Å². The Morgan fingerprint density at radius 1 is 1.33 bits per heavy atom. The second kappa shape index (κ2) is 6.14. The van der Waals surface area contributed by atoms with Gasteiger partial charge in [-0.05, 0) is 32.9 Å². The van der Waals surface area contributed by atoms with Crippen molar-refractivity contribution in [1.29, 1.82) is 0 Å². The molecule has 0 fully saturated rings. The fourth-order valence-electron chi connectivity index (χ4n) is 1.50. The third kappa shape index (κ3) is 3.84. The number of hydrogen-bond donors (Lipinski definition) is 0. The molecule has 0 spiro atoms. The molecule has 0 aromatic heterocycles. The van der Waals surface area contributed by atoms with E-state index < -0.39 is 11.7 Å². The molecular weight excluding hydrogens is 232 g/mol. The van der Waals surface area contributed by atoms with Gasteiger partial charge in [-0.25, -0.2) is 4.79 Å². The van der Waals surface area contributed by atoms with Gasteiger partial charge in [-0.3, -0.25) is 4.90 Å². The first-order valence-corrected chi connectivity index (χ1v) is 5.85. The molecule has 1 amide bonds. The van der Waals surface area contributed by atoms with E-state index in [4.69, 9.17) is 4.74 Å². The molecule has 1 aromatic carbocycles. The predicted molar refractivity (Wildman–Crippen MR) is 70.7 cm³/mol. The Kier molecular flexibility index (Phi) is 4.83. The summed E-state index contributed by atoms with van der Waals surface area (Å²) in [6.07, 6.45) is -0.475. The number of amides is 1. The quantitative estimate of drug-likeness (QED) is 0.754. The lowest BCUT2D eigenvalue weighted by molar-refractivity contribution is 0.0508. The summed E-state index contributed by atoms with van der Waals surface area (Å²) >= 11 is 0. The maximum atomic E-state index is 12.0. The van der Waals surface area contributed by atoms with E-state index in [1.54, 1.807) is 13.8 Å². The number of ether oxygens (including phenoxy) is 1. The molecule has 0 bridgehead atoms. The fourth-order valence-corrected chi connectivity index (χ4v) is 1.50. The molecule has 0 unspecified atom stereocenters. The van der Waals surface area contributed by atoms with Crippen LogP contribution in [0.15, 0.2) is 35.5 Å². The lowest BCUT2D eigenvalue weighted by atomic mass is 10.1. The van der Waals surface area contributed by atoms with Gasteiger partial charge in [-0.1, -0.05) is 23.4 Å². The molecule has 0 aliphatic heterocycles. The minimum atomic E-state index is -0.888. The Bertz CT molecular complexity index is 404. The number of nitrogens with zero attached hydrogens (tertiary/aromatic N) is 2. The Balaban J connectivity index is 2.78. The molecule has 0 aliphatic carbocycles. The monoisotopic (exact) mass is 250 g/mol. The average molecular weight is 250 g/mol. The van der Waals surface area contributed by atoms with Crippen LogP contribution in [-0.2, 0) is 4.74 Å². The third-order valence-corrected chi connectivity index (χ3v) is 2.41. The molecule has 0 saturated carbocycles. The molecule has 0 radical (unpaired) electrons. The van der Waals surface area contributed by atoms with Gasteiger partial charge in [0.1, 0.15) is 12.1 Å². The van der Waals surface area contributed by atoms with Gasteiger partial charge in [-0.15, -0.1) is 0 Å². The fraction of sp³-hybridized carbons (Fsp3) is 0.462. The van der Waals surface area contributed by atoms with E-state index in [1.165, 1.54) is 4.90 Å². The van der Waals surface area contributed by atoms with Crippen LogP contribution in [0.2, 0.25) is 0 Å². The highest BCUT2D eigenvalue weighted by atomic mass is 16.6. The van der Waals surface area contributed by atoms with E-state index in [0.717, 1.165) is 5.69 Å². The van der Waals surface area contributed by atoms with Crippen molar-refractivity contribution in [3.8, 4) is 0 Å². The molecule has 0 saturated heterocycles. The van der Waals surface area contributed by atoms with Crippen LogP contribution in [0, 0.1) is 4.91 Å². The van der Waals surface area contributed by atoms with Gasteiger partial charge >= 0.3 is 6.09 Å². The van der Waals surface area contributed by atoms with Crippen LogP contribution in [0.3, 0.4) is 0 Å². The highest BCUT2D eigenvalue weighted by molar-refractivity contribution is 5.87. The molecule has 0 aliphatic rings. The molecule has 5 nitrogen and oxygen atoms in total. The zero-order valence-corrected chi connectivity index (χ0v) is 10.9. The Morgan fingerprint density at radius 2 is 1.94 bits per heavy atom. The van der Waals surface area contributed by atoms with Crippen LogP contribution in [0.25, 0.3) is 0 Å². The summed E-state index contributed by atoms with van der Waals surface area (Å²) in [5, 5.41) is 2.77. The van der Waals surface area contributed by atoms with Crippen molar-refractivity contribution in [2.24, 2.45) is 5.18 Å². The highest BCUT2D eigenvalue weighted by Crippen LogP contribution is 2.18. The average Bonchev–Trinajstić information content (AvgIpc) is 2.30. The molecule has 0 atom stereocenters. The first-order valence-electron chi connectivity index (χ1n) is 5.85. The van der Waals surface area contributed by atoms with Crippen molar-refractivity contribution in [2.75, 3.05) is 18.0 Å². The Morgan fingerprint density at radius 3 is 2.44 bits per heavy atom. The summed E-state index contributed by atoms with van der Waals surface area (Å²) in [6.45, 7) is 5.61. The Labute approximate surface area is 107 Å². The van der Waals surface area contributed by atoms with Crippen LogP contribution in [-0.4, -0.2) is 24.8 Å². The normalized spacial score (nSPS) is 10.8. The largest absolute Gasteiger partial charge is 0.441 e. The summed E-state index contributed by atoms with van der Waals surface area (Å²) in [4.78, 5) is 23.8. The number of carbonyl (C=O) groups excluding carboxylic acids is 1. The number of benzene rings is 1. The number of nitroso groups, excluding NO2 is 1. The maximum Gasteiger partial charge on any atom is 0.414 e. The standard InChI is InChI=1S/C13H18N2O3/c1-4-15(11-8-6-5-7-9-11)12(16)18-13(2,3)10-14-17/h5-9H,4,10H2,1-3H3. The van der Waals surface area contributed by atoms with Crippen LogP contribution in [0.5, 0.6) is 0 Å². The van der Waals surface area contributed by atoms with Crippen molar-refractivity contribution >= 4 is 11.8 Å². The topological polar surface area (TPSA) is 59.0 Å². The SMILES string of the molecule is CCN(C(=O)OC(C)(C)CN=O)c1ccccc1. The van der Waals surface area contributed by atoms with Crippen LogP contribution in [0.1, 0.15) is 20.8 Å². The van der Waals surface area contributed by atoms with E-state index in [9.17, 15) is 9.70 Å². The first kappa shape index (κ1) is 14.2. The van der Waals surface area contributed by atoms with Gasteiger partial charge in [0, 0.05) is 12.2 Å². The number of para-hydroxylation sites is 1. The zero-order chi connectivity index (χ0) is 13.6. The number of rotatable bonds is 5. The summed E-state index contributed by atoms with van der Waals surface area (Å²) in [7, 11) is 0. The van der Waals surface area contributed by atoms with Gasteiger partial charge in [0.25, 0.3) is 0 Å². The number of anilines is 1. The highest BCUT2D eigenvalue weighted by Gasteiger charge is 2.26. The Hall–Kier alpha value is -1.91. The van der Waals surface area contributed by atoms with Crippen molar-refractivity contribution in [3.05, 3.63) is 35.2 Å². The van der Waals surface area contributed by atoms with E-state index in [1.807, 2.05) is 37.3 Å². The molecule has 0 N–H and O–H groups in total. The van der Waals surface area contributed by atoms with Crippen LogP contribution in [0.4, 0.5) is 10.5 Å². The van der Waals surface area contributed by atoms with Gasteiger partial charge in [0.2, 0.25) is 0 Å². The minimum absolute atomic E-state index is 0.0644. The molecular formula is C13H18N2O3. The maximum absolute atomic E-state index is 12.0. The summed E-state index contributed by atoms with van der Waals surface area (Å²) in [5.41, 5.74) is -0.124. The summed E-state index contributed by atoms with van der Waals surface area (Å²) in [5.74, 6) is 0. The predicted octanol–water partition coefficient (Wildman–Crippen LogP) is 3.19. The zero-order valence-electron chi connectivity index (χ0n) is 10.9. The van der Waals surface area contributed by atoms with Gasteiger partial charge in [0.05, 0.1) is 0 Å². The van der Waals surface area contributed by atoms with E-state index >= 15 is 0 Å². The van der Waals surface area contributed by atoms with Crippen molar-refractivity contribution in [1.82, 2.24) is 0 Å². The second-order valence-electron chi connectivity index (χ2n) is 4.49. The summed E-state index contributed by atoms with van der Waals surface area (Å²) in [6, 6.07) is 9.24. The molecule has 1 aromatic rings. The molecule has 5 heteroatoms. The van der Waals surface area contributed by atoms with Gasteiger partial charge < -0.3 is 4.74 Å². The molecule has 18 heavy (non-hydrogen) atoms. The second-order valence-corrected chi connectivity index (χ2v) is 4.49. The molecule has 1 rings (SSSR count). The van der Waals surface area contributed by atoms with Gasteiger partial charge in [0.15, 0.2) is 0 Å². The van der Waals surface area contributed by atoms with E-state index in [2.05, 4.69) is 5.18 Å². The van der Waals surface area contributed by atoms with Crippen molar-refractivity contribution in [3.63, 3.8) is 0 Å². The number of hydrogen-bond acceptors (Lipinski definition) is 4. The summed E-state index contributed by atoms with van der Waals surface area (Å²) < 4.78 is 5.28. The third-order valence-electron chi connectivity index (χ3n) is 2.41. The van der Waals surface area contributed by atoms with Crippen LogP contribution < -0.4 is 4.90 Å². The lowest BCUT2D eigenvalue weighted by Gasteiger charge is -2.27. The minimum Gasteiger partial charge on any atom is -0.441 e. The van der Waals surface area contributed by atoms with Crippen LogP contribution >= 0.6 is 0 Å². The first-order chi connectivity index (χ1) is 8.50. The van der Waals surface area contributed by atoms with Gasteiger partial charge in [-0.2, -0.15) is 4.91 Å². The van der Waals surface area contributed by atoms with E-state index in [0.29, 0.717) is 6.54 Å². The smallest absolute Gasteiger partial charge is 0.414 e. The molecule has 98 valence electrons. The van der Waals surface area contributed by atoms with E-state index in [-0.39, 0.29) is 6.54 Å². The molecule has 0 heterocycles. The number of carbonyl (C=O) groups is 1.